The van der Waals surface area contributed by atoms with Crippen molar-refractivity contribution < 1.29 is 27.4 Å². The molecule has 3 aliphatic carbocycles. The van der Waals surface area contributed by atoms with Gasteiger partial charge in [-0.2, -0.15) is 5.10 Å². The van der Waals surface area contributed by atoms with Gasteiger partial charge in [0.25, 0.3) is 0 Å². The summed E-state index contributed by atoms with van der Waals surface area (Å²) in [7, 11) is 0. The van der Waals surface area contributed by atoms with Gasteiger partial charge >= 0.3 is 12.5 Å². The van der Waals surface area contributed by atoms with Crippen LogP contribution in [0.15, 0.2) is 30.7 Å². The largest absolute Gasteiger partial charge is 0.574 e. The first-order chi connectivity index (χ1) is 13.4. The Morgan fingerprint density at radius 1 is 1.14 bits per heavy atom. The molecular formula is C19H21F3N4O3. The zero-order chi connectivity index (χ0) is 21.1. The minimum absolute atomic E-state index is 0.139. The van der Waals surface area contributed by atoms with Gasteiger partial charge in [0.15, 0.2) is 0 Å². The molecule has 29 heavy (non-hydrogen) atoms. The Bertz CT molecular complexity index is 912. The van der Waals surface area contributed by atoms with Crippen LogP contribution in [0.5, 0.6) is 5.88 Å². The summed E-state index contributed by atoms with van der Waals surface area (Å²) < 4.78 is 47.6. The van der Waals surface area contributed by atoms with E-state index in [9.17, 15) is 18.0 Å². The van der Waals surface area contributed by atoms with Crippen molar-refractivity contribution >= 4 is 6.09 Å². The van der Waals surface area contributed by atoms with Gasteiger partial charge in [0.1, 0.15) is 5.60 Å². The van der Waals surface area contributed by atoms with Crippen molar-refractivity contribution in [2.24, 2.45) is 0 Å². The molecular weight excluding hydrogens is 389 g/mol. The predicted octanol–water partition coefficient (Wildman–Crippen LogP) is 4.00. The molecule has 0 aromatic carbocycles. The normalized spacial score (nSPS) is 25.6. The molecule has 3 fully saturated rings. The van der Waals surface area contributed by atoms with Gasteiger partial charge in [0.2, 0.25) is 5.88 Å². The standard InChI is InChI=1S/C19H21F3N4O3/c1-16(2,3)29-15(27)25-17-9-18(10-17,11-17)26-8-13(7-24-26)12-4-5-14(23-6-12)28-19(20,21)22/h4-8H,9-11H2,1-3H3,(H,25,27). The number of hydrogen-bond acceptors (Lipinski definition) is 5. The maximum absolute atomic E-state index is 12.2. The first-order valence-electron chi connectivity index (χ1n) is 9.16. The number of alkyl halides is 3. The summed E-state index contributed by atoms with van der Waals surface area (Å²) in [5.41, 5.74) is 0.456. The van der Waals surface area contributed by atoms with Crippen LogP contribution in [0.3, 0.4) is 0 Å². The van der Waals surface area contributed by atoms with E-state index < -0.39 is 23.9 Å². The number of ether oxygens (including phenoxy) is 2. The maximum atomic E-state index is 12.2. The first-order valence-corrected chi connectivity index (χ1v) is 9.16. The van der Waals surface area contributed by atoms with Crippen LogP contribution in [0, 0.1) is 0 Å². The molecule has 2 heterocycles. The maximum Gasteiger partial charge on any atom is 0.574 e. The van der Waals surface area contributed by atoms with Gasteiger partial charge in [0.05, 0.1) is 17.3 Å². The highest BCUT2D eigenvalue weighted by atomic mass is 19.4. The number of carbonyl (C=O) groups excluding carboxylic acids is 1. The molecule has 0 spiro atoms. The summed E-state index contributed by atoms with van der Waals surface area (Å²) in [6.07, 6.45) is 1.90. The van der Waals surface area contributed by atoms with Gasteiger partial charge in [-0.15, -0.1) is 13.2 Å². The zero-order valence-corrected chi connectivity index (χ0v) is 16.2. The molecule has 0 atom stereocenters. The molecule has 2 aromatic heterocycles. The van der Waals surface area contributed by atoms with Crippen LogP contribution in [0.25, 0.3) is 11.1 Å². The number of hydrogen-bond donors (Lipinski definition) is 1. The van der Waals surface area contributed by atoms with Crippen molar-refractivity contribution in [1.29, 1.82) is 0 Å². The van der Waals surface area contributed by atoms with Crippen molar-refractivity contribution in [1.82, 2.24) is 20.1 Å². The van der Waals surface area contributed by atoms with Gasteiger partial charge in [0, 0.05) is 29.6 Å². The number of nitrogens with one attached hydrogen (secondary N) is 1. The summed E-state index contributed by atoms with van der Waals surface area (Å²) in [6, 6.07) is 2.67. The van der Waals surface area contributed by atoms with E-state index in [0.717, 1.165) is 24.8 Å². The van der Waals surface area contributed by atoms with E-state index in [1.54, 1.807) is 6.20 Å². The predicted molar refractivity (Wildman–Crippen MR) is 96.1 cm³/mol. The van der Waals surface area contributed by atoms with Crippen LogP contribution >= 0.6 is 0 Å². The van der Waals surface area contributed by atoms with Gasteiger partial charge in [-0.25, -0.2) is 9.78 Å². The second-order valence-corrected chi connectivity index (χ2v) is 8.77. The molecule has 2 bridgehead atoms. The fourth-order valence-electron chi connectivity index (χ4n) is 4.09. The van der Waals surface area contributed by atoms with Crippen LogP contribution in [0.2, 0.25) is 0 Å². The third kappa shape index (κ3) is 3.88. The van der Waals surface area contributed by atoms with Crippen molar-refractivity contribution in [3.8, 4) is 17.0 Å². The van der Waals surface area contributed by atoms with E-state index in [4.69, 9.17) is 4.74 Å². The van der Waals surface area contributed by atoms with Crippen molar-refractivity contribution in [2.75, 3.05) is 0 Å². The van der Waals surface area contributed by atoms with Crippen LogP contribution in [-0.2, 0) is 10.3 Å². The fourth-order valence-corrected chi connectivity index (χ4v) is 4.09. The number of aromatic nitrogens is 3. The highest BCUT2D eigenvalue weighted by Crippen LogP contribution is 2.65. The average Bonchev–Trinajstić information content (AvgIpc) is 2.96. The van der Waals surface area contributed by atoms with Crippen LogP contribution < -0.4 is 10.1 Å². The molecule has 1 N–H and O–H groups in total. The molecule has 1 amide bonds. The van der Waals surface area contributed by atoms with E-state index in [1.807, 2.05) is 31.6 Å². The second-order valence-electron chi connectivity index (χ2n) is 8.77. The van der Waals surface area contributed by atoms with Crippen LogP contribution in [0.4, 0.5) is 18.0 Å². The topological polar surface area (TPSA) is 78.3 Å². The molecule has 0 saturated heterocycles. The van der Waals surface area contributed by atoms with E-state index in [1.165, 1.54) is 18.3 Å². The van der Waals surface area contributed by atoms with E-state index >= 15 is 0 Å². The SMILES string of the molecule is CC(C)(C)OC(=O)NC12CC(n3cc(-c4ccc(OC(F)(F)F)nc4)cn3)(C1)C2. The van der Waals surface area contributed by atoms with E-state index in [2.05, 4.69) is 20.1 Å². The fraction of sp³-hybridized carbons (Fsp3) is 0.526. The zero-order valence-electron chi connectivity index (χ0n) is 16.2. The van der Waals surface area contributed by atoms with Gasteiger partial charge < -0.3 is 14.8 Å². The quantitative estimate of drug-likeness (QED) is 0.824. The van der Waals surface area contributed by atoms with E-state index in [0.29, 0.717) is 5.56 Å². The summed E-state index contributed by atoms with van der Waals surface area (Å²) >= 11 is 0. The molecule has 7 nitrogen and oxygen atoms in total. The highest BCUT2D eigenvalue weighted by Gasteiger charge is 2.70. The smallest absolute Gasteiger partial charge is 0.444 e. The monoisotopic (exact) mass is 410 g/mol. The lowest BCUT2D eigenvalue weighted by atomic mass is 9.44. The number of amides is 1. The van der Waals surface area contributed by atoms with Crippen LogP contribution in [0.1, 0.15) is 40.0 Å². The Balaban J connectivity index is 1.37. The van der Waals surface area contributed by atoms with Crippen molar-refractivity contribution in [3.05, 3.63) is 30.7 Å². The molecule has 0 aliphatic heterocycles. The number of alkyl carbamates (subject to hydrolysis) is 1. The molecule has 2 aromatic rings. The van der Waals surface area contributed by atoms with Gasteiger partial charge in [-0.1, -0.05) is 0 Å². The lowest BCUT2D eigenvalue weighted by molar-refractivity contribution is -0.276. The Hall–Kier alpha value is -2.78. The van der Waals surface area contributed by atoms with Crippen LogP contribution in [-0.4, -0.2) is 38.4 Å². The Labute approximate surface area is 165 Å². The van der Waals surface area contributed by atoms with Gasteiger partial charge in [-0.3, -0.25) is 4.68 Å². The Morgan fingerprint density at radius 3 is 2.38 bits per heavy atom. The lowest BCUT2D eigenvalue weighted by Gasteiger charge is -2.69. The Kier molecular flexibility index (Phi) is 4.11. The van der Waals surface area contributed by atoms with Gasteiger partial charge in [-0.05, 0) is 46.1 Å². The molecule has 10 heteroatoms. The first kappa shape index (κ1) is 19.5. The number of halogens is 3. The highest BCUT2D eigenvalue weighted by molar-refractivity contribution is 5.70. The third-order valence-electron chi connectivity index (χ3n) is 5.13. The number of nitrogens with zero attached hydrogens (tertiary/aromatic N) is 3. The average molecular weight is 410 g/mol. The van der Waals surface area contributed by atoms with Crippen molar-refractivity contribution in [2.45, 2.75) is 63.1 Å². The number of carbonyl (C=O) groups is 1. The summed E-state index contributed by atoms with van der Waals surface area (Å²) in [5, 5.41) is 7.36. The Morgan fingerprint density at radius 2 is 1.83 bits per heavy atom. The van der Waals surface area contributed by atoms with Crippen molar-refractivity contribution in [3.63, 3.8) is 0 Å². The number of pyridine rings is 1. The summed E-state index contributed by atoms with van der Waals surface area (Å²) in [6.45, 7) is 5.45. The number of rotatable bonds is 4. The minimum atomic E-state index is -4.77. The molecule has 0 radical (unpaired) electrons. The molecule has 156 valence electrons. The molecule has 3 saturated carbocycles. The minimum Gasteiger partial charge on any atom is -0.444 e. The molecule has 3 aliphatic rings. The second kappa shape index (κ2) is 6.11. The lowest BCUT2D eigenvalue weighted by Crippen LogP contribution is -2.79. The molecule has 0 unspecified atom stereocenters. The molecule has 5 rings (SSSR count). The summed E-state index contributed by atoms with van der Waals surface area (Å²) in [5.74, 6) is -0.511. The van der Waals surface area contributed by atoms with E-state index in [-0.39, 0.29) is 11.1 Å². The third-order valence-corrected chi connectivity index (χ3v) is 5.13. The summed E-state index contributed by atoms with van der Waals surface area (Å²) in [4.78, 5) is 15.7.